The van der Waals surface area contributed by atoms with Crippen LogP contribution in [0.2, 0.25) is 10.0 Å². The minimum absolute atomic E-state index is 0.255. The molecule has 0 saturated heterocycles. The van der Waals surface area contributed by atoms with E-state index in [2.05, 4.69) is 5.32 Å². The fourth-order valence-corrected chi connectivity index (χ4v) is 3.05. The first kappa shape index (κ1) is 21.8. The predicted octanol–water partition coefficient (Wildman–Crippen LogP) is 5.22. The third-order valence-corrected chi connectivity index (χ3v) is 4.54. The Kier molecular flexibility index (Phi) is 9.78. The van der Waals surface area contributed by atoms with Crippen LogP contribution in [0.5, 0.6) is 11.5 Å². The van der Waals surface area contributed by atoms with Crippen molar-refractivity contribution in [1.29, 1.82) is 0 Å². The number of rotatable bonds is 12. The smallest absolute Gasteiger partial charge is 0.180 e. The highest BCUT2D eigenvalue weighted by atomic mass is 35.5. The molecule has 148 valence electrons. The number of aliphatic hydroxyl groups is 1. The highest BCUT2D eigenvalue weighted by Gasteiger charge is 2.13. The molecular formula is C21H27Cl2NO3. The lowest BCUT2D eigenvalue weighted by atomic mass is 10.2. The van der Waals surface area contributed by atoms with Gasteiger partial charge in [0.15, 0.2) is 11.5 Å². The summed E-state index contributed by atoms with van der Waals surface area (Å²) in [5.41, 5.74) is 2.05. The lowest BCUT2D eigenvalue weighted by Crippen LogP contribution is -2.15. The van der Waals surface area contributed by atoms with E-state index in [0.717, 1.165) is 36.9 Å². The highest BCUT2D eigenvalue weighted by Crippen LogP contribution is 2.37. The second-order valence-electron chi connectivity index (χ2n) is 6.21. The molecule has 0 aliphatic rings. The zero-order valence-corrected chi connectivity index (χ0v) is 17.2. The third kappa shape index (κ3) is 7.59. The third-order valence-electron chi connectivity index (χ3n) is 4.01. The van der Waals surface area contributed by atoms with E-state index >= 15 is 0 Å². The summed E-state index contributed by atoms with van der Waals surface area (Å²) in [4.78, 5) is 0. The van der Waals surface area contributed by atoms with E-state index in [1.165, 1.54) is 0 Å². The number of halogens is 2. The van der Waals surface area contributed by atoms with E-state index in [4.69, 9.17) is 37.8 Å². The summed E-state index contributed by atoms with van der Waals surface area (Å²) in [6, 6.07) is 11.4. The van der Waals surface area contributed by atoms with Crippen LogP contribution in [-0.2, 0) is 13.2 Å². The summed E-state index contributed by atoms with van der Waals surface area (Å²) in [7, 11) is 0. The quantitative estimate of drug-likeness (QED) is 0.469. The van der Waals surface area contributed by atoms with Crippen molar-refractivity contribution < 1.29 is 14.6 Å². The molecule has 2 N–H and O–H groups in total. The summed E-state index contributed by atoms with van der Waals surface area (Å²) in [6.45, 7) is 4.71. The van der Waals surface area contributed by atoms with Crippen molar-refractivity contribution in [3.63, 3.8) is 0 Å². The van der Waals surface area contributed by atoms with E-state index in [0.29, 0.717) is 41.3 Å². The molecule has 0 spiro atoms. The lowest BCUT2D eigenvalue weighted by molar-refractivity contribution is 0.269. The second-order valence-corrected chi connectivity index (χ2v) is 7.06. The molecule has 2 aromatic rings. The van der Waals surface area contributed by atoms with Crippen LogP contribution in [0.4, 0.5) is 0 Å². The first-order chi connectivity index (χ1) is 13.1. The fourth-order valence-electron chi connectivity index (χ4n) is 2.63. The van der Waals surface area contributed by atoms with Gasteiger partial charge in [0, 0.05) is 18.2 Å². The molecule has 27 heavy (non-hydrogen) atoms. The van der Waals surface area contributed by atoms with Crippen molar-refractivity contribution in [3.05, 3.63) is 57.6 Å². The minimum Gasteiger partial charge on any atom is -0.490 e. The average molecular weight is 412 g/mol. The molecule has 0 saturated carbocycles. The molecule has 0 amide bonds. The van der Waals surface area contributed by atoms with Crippen molar-refractivity contribution in [2.24, 2.45) is 0 Å². The van der Waals surface area contributed by atoms with Crippen LogP contribution in [0.15, 0.2) is 36.4 Å². The number of ether oxygens (including phenoxy) is 2. The Morgan fingerprint density at radius 2 is 1.74 bits per heavy atom. The molecule has 0 fully saturated rings. The maximum atomic E-state index is 8.80. The van der Waals surface area contributed by atoms with Crippen LogP contribution in [0, 0.1) is 0 Å². The minimum atomic E-state index is 0.255. The Balaban J connectivity index is 1.98. The van der Waals surface area contributed by atoms with Crippen molar-refractivity contribution in [2.75, 3.05) is 19.8 Å². The molecule has 6 heteroatoms. The van der Waals surface area contributed by atoms with Gasteiger partial charge in [0.05, 0.1) is 11.6 Å². The number of unbranched alkanes of at least 4 members (excludes halogenated alkanes) is 2. The molecular weight excluding hydrogens is 385 g/mol. The Bertz CT molecular complexity index is 693. The topological polar surface area (TPSA) is 50.7 Å². The Hall–Kier alpha value is -1.46. The van der Waals surface area contributed by atoms with Gasteiger partial charge in [-0.1, -0.05) is 35.3 Å². The molecule has 0 atom stereocenters. The average Bonchev–Trinajstić information content (AvgIpc) is 2.65. The Morgan fingerprint density at radius 3 is 2.44 bits per heavy atom. The summed E-state index contributed by atoms with van der Waals surface area (Å²) in [6.07, 6.45) is 2.91. The first-order valence-electron chi connectivity index (χ1n) is 9.28. The van der Waals surface area contributed by atoms with E-state index in [-0.39, 0.29) is 6.61 Å². The number of hydrogen-bond acceptors (Lipinski definition) is 4. The standard InChI is InChI=1S/C21H27Cl2NO3/c1-2-26-20-13-17(14-24-10-4-3-5-11-25)12-19(23)21(20)27-15-16-6-8-18(22)9-7-16/h6-9,12-13,24-25H,2-5,10-11,14-15H2,1H3. The maximum absolute atomic E-state index is 8.80. The molecule has 0 aliphatic heterocycles. The molecule has 0 aliphatic carbocycles. The molecule has 2 rings (SSSR count). The lowest BCUT2D eigenvalue weighted by Gasteiger charge is -2.16. The largest absolute Gasteiger partial charge is 0.490 e. The molecule has 0 heterocycles. The summed E-state index contributed by atoms with van der Waals surface area (Å²) in [5, 5.41) is 13.4. The SMILES string of the molecule is CCOc1cc(CNCCCCCO)cc(Cl)c1OCc1ccc(Cl)cc1. The summed E-state index contributed by atoms with van der Waals surface area (Å²) in [5.74, 6) is 1.20. The molecule has 4 nitrogen and oxygen atoms in total. The number of nitrogens with one attached hydrogen (secondary N) is 1. The van der Waals surface area contributed by atoms with Crippen molar-refractivity contribution in [2.45, 2.75) is 39.3 Å². The number of hydrogen-bond donors (Lipinski definition) is 2. The maximum Gasteiger partial charge on any atom is 0.180 e. The zero-order valence-electron chi connectivity index (χ0n) is 15.6. The van der Waals surface area contributed by atoms with Crippen molar-refractivity contribution in [3.8, 4) is 11.5 Å². The zero-order chi connectivity index (χ0) is 19.5. The molecule has 0 bridgehead atoms. The van der Waals surface area contributed by atoms with E-state index in [1.54, 1.807) is 0 Å². The van der Waals surface area contributed by atoms with Gasteiger partial charge in [0.1, 0.15) is 6.61 Å². The van der Waals surface area contributed by atoms with Crippen LogP contribution in [0.1, 0.15) is 37.3 Å². The monoisotopic (exact) mass is 411 g/mol. The van der Waals surface area contributed by atoms with Gasteiger partial charge in [0.2, 0.25) is 0 Å². The van der Waals surface area contributed by atoms with Gasteiger partial charge >= 0.3 is 0 Å². The van der Waals surface area contributed by atoms with Crippen LogP contribution < -0.4 is 14.8 Å². The van der Waals surface area contributed by atoms with Gasteiger partial charge in [-0.2, -0.15) is 0 Å². The van der Waals surface area contributed by atoms with Crippen LogP contribution >= 0.6 is 23.2 Å². The van der Waals surface area contributed by atoms with Crippen molar-refractivity contribution >= 4 is 23.2 Å². The van der Waals surface area contributed by atoms with Gasteiger partial charge in [-0.15, -0.1) is 0 Å². The number of benzene rings is 2. The first-order valence-corrected chi connectivity index (χ1v) is 10.0. The van der Waals surface area contributed by atoms with E-state index < -0.39 is 0 Å². The highest BCUT2D eigenvalue weighted by molar-refractivity contribution is 6.32. The fraction of sp³-hybridized carbons (Fsp3) is 0.429. The van der Waals surface area contributed by atoms with Crippen molar-refractivity contribution in [1.82, 2.24) is 5.32 Å². The van der Waals surface area contributed by atoms with Crippen LogP contribution in [0.3, 0.4) is 0 Å². The van der Waals surface area contributed by atoms with Gasteiger partial charge in [0.25, 0.3) is 0 Å². The van der Waals surface area contributed by atoms with Gasteiger partial charge in [-0.25, -0.2) is 0 Å². The van der Waals surface area contributed by atoms with Crippen LogP contribution in [-0.4, -0.2) is 24.9 Å². The molecule has 0 unspecified atom stereocenters. The van der Waals surface area contributed by atoms with Gasteiger partial charge < -0.3 is 19.9 Å². The van der Waals surface area contributed by atoms with E-state index in [1.807, 2.05) is 43.3 Å². The number of aliphatic hydroxyl groups excluding tert-OH is 1. The Morgan fingerprint density at radius 1 is 0.963 bits per heavy atom. The summed E-state index contributed by atoms with van der Waals surface area (Å²) >= 11 is 12.4. The van der Waals surface area contributed by atoms with Gasteiger partial charge in [-0.3, -0.25) is 0 Å². The Labute approximate surface area is 171 Å². The van der Waals surface area contributed by atoms with Crippen LogP contribution in [0.25, 0.3) is 0 Å². The normalized spacial score (nSPS) is 10.8. The summed E-state index contributed by atoms with van der Waals surface area (Å²) < 4.78 is 11.7. The molecule has 2 aromatic carbocycles. The van der Waals surface area contributed by atoms with E-state index in [9.17, 15) is 0 Å². The molecule has 0 aromatic heterocycles. The molecule has 0 radical (unpaired) electrons. The van der Waals surface area contributed by atoms with Gasteiger partial charge in [-0.05, 0) is 68.1 Å². The second kappa shape index (κ2) is 12.1. The predicted molar refractivity (Wildman–Crippen MR) is 111 cm³/mol.